The van der Waals surface area contributed by atoms with Crippen LogP contribution in [0.1, 0.15) is 25.8 Å². The molecular weight excluding hydrogens is 402 g/mol. The van der Waals surface area contributed by atoms with Gasteiger partial charge in [0, 0.05) is 33.0 Å². The fourth-order valence-corrected chi connectivity index (χ4v) is 3.81. The van der Waals surface area contributed by atoms with Crippen molar-refractivity contribution in [2.24, 2.45) is 0 Å². The van der Waals surface area contributed by atoms with E-state index < -0.39 is 0 Å². The van der Waals surface area contributed by atoms with Gasteiger partial charge in [0.25, 0.3) is 0 Å². The number of rotatable bonds is 4. The van der Waals surface area contributed by atoms with Crippen molar-refractivity contribution in [3.63, 3.8) is 0 Å². The first-order chi connectivity index (χ1) is 9.33. The highest BCUT2D eigenvalue weighted by Gasteiger charge is 2.11. The van der Waals surface area contributed by atoms with Crippen molar-refractivity contribution in [2.75, 3.05) is 6.54 Å². The molecule has 0 amide bonds. The molecule has 0 bridgehead atoms. The molecule has 0 aliphatic carbocycles. The molecule has 1 aromatic carbocycles. The zero-order valence-corrected chi connectivity index (χ0v) is 15.7. The van der Waals surface area contributed by atoms with Crippen LogP contribution in [0.2, 0.25) is 0 Å². The molecule has 108 valence electrons. The highest BCUT2D eigenvalue weighted by Crippen LogP contribution is 2.29. The van der Waals surface area contributed by atoms with Crippen LogP contribution in [0, 0.1) is 0 Å². The number of nitrogens with zero attached hydrogens (tertiary/aromatic N) is 2. The van der Waals surface area contributed by atoms with E-state index in [9.17, 15) is 0 Å². The van der Waals surface area contributed by atoms with E-state index in [1.54, 1.807) is 11.3 Å². The number of aromatic nitrogens is 2. The van der Waals surface area contributed by atoms with Gasteiger partial charge in [0.15, 0.2) is 0 Å². The maximum Gasteiger partial charge on any atom is 0.147 e. The van der Waals surface area contributed by atoms with E-state index >= 15 is 0 Å². The van der Waals surface area contributed by atoms with Crippen molar-refractivity contribution in [3.8, 4) is 10.6 Å². The van der Waals surface area contributed by atoms with E-state index in [4.69, 9.17) is 0 Å². The van der Waals surface area contributed by atoms with E-state index in [0.29, 0.717) is 0 Å². The lowest BCUT2D eigenvalue weighted by Gasteiger charge is -2.19. The van der Waals surface area contributed by atoms with E-state index in [1.807, 2.05) is 6.07 Å². The summed E-state index contributed by atoms with van der Waals surface area (Å²) in [5.41, 5.74) is 1.22. The Kier molecular flexibility index (Phi) is 5.34. The van der Waals surface area contributed by atoms with Crippen molar-refractivity contribution >= 4 is 43.2 Å². The van der Waals surface area contributed by atoms with E-state index in [0.717, 1.165) is 37.5 Å². The molecule has 0 spiro atoms. The highest BCUT2D eigenvalue weighted by molar-refractivity contribution is 9.11. The Morgan fingerprint density at radius 1 is 1.10 bits per heavy atom. The van der Waals surface area contributed by atoms with Gasteiger partial charge < -0.3 is 5.32 Å². The third-order valence-corrected chi connectivity index (χ3v) is 4.52. The first-order valence-corrected chi connectivity index (χ1v) is 8.78. The molecule has 0 saturated carbocycles. The molecule has 1 N–H and O–H groups in total. The minimum atomic E-state index is 0.142. The van der Waals surface area contributed by atoms with Crippen molar-refractivity contribution in [1.82, 2.24) is 15.5 Å². The first kappa shape index (κ1) is 16.1. The summed E-state index contributed by atoms with van der Waals surface area (Å²) < 4.78 is 2.07. The topological polar surface area (TPSA) is 37.8 Å². The second-order valence-electron chi connectivity index (χ2n) is 5.59. The lowest BCUT2D eigenvalue weighted by molar-refractivity contribution is 0.429. The Morgan fingerprint density at radius 2 is 1.75 bits per heavy atom. The summed E-state index contributed by atoms with van der Waals surface area (Å²) in [7, 11) is 0. The van der Waals surface area contributed by atoms with Crippen molar-refractivity contribution < 1.29 is 0 Å². The highest BCUT2D eigenvalue weighted by atomic mass is 79.9. The molecular formula is C14H17Br2N3S. The van der Waals surface area contributed by atoms with Crippen LogP contribution in [0.5, 0.6) is 0 Å². The average molecular weight is 419 g/mol. The second-order valence-corrected chi connectivity index (χ2v) is 8.48. The van der Waals surface area contributed by atoms with Crippen LogP contribution < -0.4 is 5.32 Å². The maximum absolute atomic E-state index is 4.28. The molecule has 0 aliphatic heterocycles. The van der Waals surface area contributed by atoms with Crippen LogP contribution in [-0.4, -0.2) is 22.3 Å². The predicted molar refractivity (Wildman–Crippen MR) is 92.2 cm³/mol. The van der Waals surface area contributed by atoms with Gasteiger partial charge in [-0.3, -0.25) is 0 Å². The van der Waals surface area contributed by atoms with Crippen LogP contribution in [0.15, 0.2) is 27.1 Å². The Bertz CT molecular complexity index is 570. The Balaban J connectivity index is 2.05. The van der Waals surface area contributed by atoms with Gasteiger partial charge in [0.2, 0.25) is 0 Å². The fraction of sp³-hybridized carbons (Fsp3) is 0.429. The maximum atomic E-state index is 4.28. The molecule has 0 saturated heterocycles. The van der Waals surface area contributed by atoms with Gasteiger partial charge >= 0.3 is 0 Å². The standard InChI is InChI=1S/C14H17Br2N3S/c1-14(2,3)17-5-4-12-18-19-13(20-12)9-6-10(15)8-11(16)7-9/h6-8,17H,4-5H2,1-3H3. The van der Waals surface area contributed by atoms with Gasteiger partial charge in [-0.2, -0.15) is 0 Å². The van der Waals surface area contributed by atoms with Crippen molar-refractivity contribution in [2.45, 2.75) is 32.7 Å². The van der Waals surface area contributed by atoms with E-state index in [1.165, 1.54) is 0 Å². The lowest BCUT2D eigenvalue weighted by atomic mass is 10.1. The van der Waals surface area contributed by atoms with Crippen LogP contribution >= 0.6 is 43.2 Å². The van der Waals surface area contributed by atoms with Gasteiger partial charge in [-0.25, -0.2) is 0 Å². The molecule has 2 rings (SSSR count). The number of nitrogens with one attached hydrogen (secondary N) is 1. The molecule has 20 heavy (non-hydrogen) atoms. The van der Waals surface area contributed by atoms with Crippen LogP contribution in [0.25, 0.3) is 10.6 Å². The second kappa shape index (κ2) is 6.64. The SMILES string of the molecule is CC(C)(C)NCCc1nnc(-c2cc(Br)cc(Br)c2)s1. The first-order valence-electron chi connectivity index (χ1n) is 6.37. The predicted octanol–water partition coefficient (Wildman–Crippen LogP) is 4.66. The minimum Gasteiger partial charge on any atom is -0.312 e. The molecule has 0 fully saturated rings. The molecule has 3 nitrogen and oxygen atoms in total. The quantitative estimate of drug-likeness (QED) is 0.784. The molecule has 0 aliphatic rings. The minimum absolute atomic E-state index is 0.142. The van der Waals surface area contributed by atoms with Gasteiger partial charge in [0.05, 0.1) is 0 Å². The summed E-state index contributed by atoms with van der Waals surface area (Å²) in [5.74, 6) is 0. The van der Waals surface area contributed by atoms with Crippen molar-refractivity contribution in [1.29, 1.82) is 0 Å². The van der Waals surface area contributed by atoms with Crippen molar-refractivity contribution in [3.05, 3.63) is 32.2 Å². The molecule has 2 aromatic rings. The van der Waals surface area contributed by atoms with Gasteiger partial charge in [0.1, 0.15) is 10.0 Å². The third-order valence-electron chi connectivity index (χ3n) is 2.57. The summed E-state index contributed by atoms with van der Waals surface area (Å²) in [6.45, 7) is 7.41. The molecule has 6 heteroatoms. The molecule has 1 aromatic heterocycles. The zero-order valence-electron chi connectivity index (χ0n) is 11.7. The summed E-state index contributed by atoms with van der Waals surface area (Å²) in [6.07, 6.45) is 0.907. The zero-order chi connectivity index (χ0) is 14.8. The van der Waals surface area contributed by atoms with Crippen LogP contribution in [0.3, 0.4) is 0 Å². The average Bonchev–Trinajstić information content (AvgIpc) is 2.74. The largest absolute Gasteiger partial charge is 0.312 e. The lowest BCUT2D eigenvalue weighted by Crippen LogP contribution is -2.37. The van der Waals surface area contributed by atoms with Crippen LogP contribution in [-0.2, 0) is 6.42 Å². The number of hydrogen-bond donors (Lipinski definition) is 1. The molecule has 1 heterocycles. The Hall–Kier alpha value is -0.300. The summed E-state index contributed by atoms with van der Waals surface area (Å²) >= 11 is 8.64. The third kappa shape index (κ3) is 4.91. The fourth-order valence-electron chi connectivity index (χ4n) is 1.69. The van der Waals surface area contributed by atoms with Crippen LogP contribution in [0.4, 0.5) is 0 Å². The number of halogens is 2. The summed E-state index contributed by atoms with van der Waals surface area (Å²) in [6, 6.07) is 6.13. The summed E-state index contributed by atoms with van der Waals surface area (Å²) in [5, 5.41) is 14.0. The summed E-state index contributed by atoms with van der Waals surface area (Å²) in [4.78, 5) is 0. The Labute approximate surface area is 140 Å². The number of hydrogen-bond acceptors (Lipinski definition) is 4. The van der Waals surface area contributed by atoms with Gasteiger partial charge in [-0.15, -0.1) is 10.2 Å². The molecule has 0 radical (unpaired) electrons. The molecule has 0 unspecified atom stereocenters. The Morgan fingerprint density at radius 3 is 2.35 bits per heavy atom. The monoisotopic (exact) mass is 417 g/mol. The normalized spacial score (nSPS) is 11.8. The number of benzene rings is 1. The van der Waals surface area contributed by atoms with E-state index in [2.05, 4.69) is 80.3 Å². The molecule has 0 atom stereocenters. The smallest absolute Gasteiger partial charge is 0.147 e. The van der Waals surface area contributed by atoms with Gasteiger partial charge in [-0.1, -0.05) is 43.2 Å². The van der Waals surface area contributed by atoms with E-state index in [-0.39, 0.29) is 5.54 Å². The van der Waals surface area contributed by atoms with Gasteiger partial charge in [-0.05, 0) is 39.0 Å².